The van der Waals surface area contributed by atoms with Gasteiger partial charge < -0.3 is 10.6 Å². The van der Waals surface area contributed by atoms with Crippen LogP contribution >= 0.6 is 11.6 Å². The van der Waals surface area contributed by atoms with Gasteiger partial charge in [-0.25, -0.2) is 4.79 Å². The zero-order valence-corrected chi connectivity index (χ0v) is 15.8. The molecular weight excluding hydrogens is 354 g/mol. The minimum absolute atomic E-state index is 0.245. The highest BCUT2D eigenvalue weighted by Crippen LogP contribution is 2.36. The number of amides is 4. The van der Waals surface area contributed by atoms with Gasteiger partial charge in [0, 0.05) is 5.02 Å². The molecular formula is C19H24ClN3O3. The molecule has 2 aliphatic rings. The summed E-state index contributed by atoms with van der Waals surface area (Å²) in [5.74, 6) is -0.0798. The van der Waals surface area contributed by atoms with E-state index in [2.05, 4.69) is 17.6 Å². The first-order valence-electron chi connectivity index (χ1n) is 9.00. The first kappa shape index (κ1) is 18.7. The van der Waals surface area contributed by atoms with Gasteiger partial charge in [0.25, 0.3) is 5.91 Å². The Hall–Kier alpha value is -2.08. The molecule has 4 amide bonds. The van der Waals surface area contributed by atoms with Gasteiger partial charge in [0.1, 0.15) is 12.1 Å². The number of urea groups is 1. The molecule has 0 aromatic heterocycles. The fraction of sp³-hybridized carbons (Fsp3) is 0.526. The van der Waals surface area contributed by atoms with E-state index >= 15 is 0 Å². The molecule has 0 bridgehead atoms. The summed E-state index contributed by atoms with van der Waals surface area (Å²) in [6.45, 7) is 3.73. The number of halogens is 1. The molecule has 6 nitrogen and oxygen atoms in total. The lowest BCUT2D eigenvalue weighted by atomic mass is 9.77. The number of nitrogens with zero attached hydrogens (tertiary/aromatic N) is 1. The smallest absolute Gasteiger partial charge is 0.325 e. The van der Waals surface area contributed by atoms with Crippen LogP contribution in [0.4, 0.5) is 4.79 Å². The van der Waals surface area contributed by atoms with E-state index in [0.717, 1.165) is 23.3 Å². The number of rotatable bonds is 4. The normalized spacial score (nSPS) is 26.7. The fourth-order valence-corrected chi connectivity index (χ4v) is 3.81. The van der Waals surface area contributed by atoms with Gasteiger partial charge in [-0.2, -0.15) is 0 Å². The molecule has 140 valence electrons. The second kappa shape index (κ2) is 7.27. The van der Waals surface area contributed by atoms with Gasteiger partial charge >= 0.3 is 6.03 Å². The Labute approximate surface area is 158 Å². The first-order chi connectivity index (χ1) is 12.3. The van der Waals surface area contributed by atoms with Crippen LogP contribution in [0.25, 0.3) is 0 Å². The molecule has 0 unspecified atom stereocenters. The van der Waals surface area contributed by atoms with E-state index in [1.165, 1.54) is 0 Å². The molecule has 1 aliphatic carbocycles. The van der Waals surface area contributed by atoms with Crippen LogP contribution in [0, 0.1) is 5.92 Å². The predicted octanol–water partition coefficient (Wildman–Crippen LogP) is 3.02. The molecule has 26 heavy (non-hydrogen) atoms. The molecule has 2 fully saturated rings. The highest BCUT2D eigenvalue weighted by molar-refractivity contribution is 6.30. The third-order valence-electron chi connectivity index (χ3n) is 5.42. The van der Waals surface area contributed by atoms with Crippen molar-refractivity contribution in [1.29, 1.82) is 0 Å². The van der Waals surface area contributed by atoms with Crippen LogP contribution in [-0.4, -0.2) is 34.8 Å². The van der Waals surface area contributed by atoms with Crippen molar-refractivity contribution in [2.45, 2.75) is 51.1 Å². The van der Waals surface area contributed by atoms with E-state index in [4.69, 9.17) is 11.6 Å². The Balaban J connectivity index is 1.61. The van der Waals surface area contributed by atoms with Gasteiger partial charge in [0.15, 0.2) is 0 Å². The number of hydrogen-bond donors (Lipinski definition) is 2. The Kier molecular flexibility index (Phi) is 5.23. The molecule has 1 saturated heterocycles. The number of imide groups is 1. The monoisotopic (exact) mass is 377 g/mol. The molecule has 1 heterocycles. The summed E-state index contributed by atoms with van der Waals surface area (Å²) in [4.78, 5) is 38.4. The van der Waals surface area contributed by atoms with Crippen LogP contribution in [0.2, 0.25) is 5.02 Å². The summed E-state index contributed by atoms with van der Waals surface area (Å²) in [5.41, 5.74) is 0.0868. The molecule has 7 heteroatoms. The molecule has 2 N–H and O–H groups in total. The van der Waals surface area contributed by atoms with E-state index in [1.54, 1.807) is 12.1 Å². The van der Waals surface area contributed by atoms with E-state index < -0.39 is 11.6 Å². The quantitative estimate of drug-likeness (QED) is 0.791. The number of carbonyl (C=O) groups excluding carboxylic acids is 3. The molecule has 0 radical (unpaired) electrons. The van der Waals surface area contributed by atoms with Crippen LogP contribution in [-0.2, 0) is 9.59 Å². The minimum atomic E-state index is -0.814. The highest BCUT2D eigenvalue weighted by atomic mass is 35.5. The van der Waals surface area contributed by atoms with Gasteiger partial charge in [-0.05, 0) is 56.2 Å². The van der Waals surface area contributed by atoms with Crippen molar-refractivity contribution in [3.8, 4) is 0 Å². The minimum Gasteiger partial charge on any atom is -0.348 e. The topological polar surface area (TPSA) is 78.5 Å². The molecule has 1 spiro atoms. The summed E-state index contributed by atoms with van der Waals surface area (Å²) in [7, 11) is 0. The summed E-state index contributed by atoms with van der Waals surface area (Å²) in [5, 5.41) is 6.28. The van der Waals surface area contributed by atoms with E-state index in [1.807, 2.05) is 19.1 Å². The maximum atomic E-state index is 12.8. The molecule has 1 atom stereocenters. The summed E-state index contributed by atoms with van der Waals surface area (Å²) < 4.78 is 0. The van der Waals surface area contributed by atoms with Gasteiger partial charge in [0.05, 0.1) is 6.04 Å². The number of hydrogen-bond acceptors (Lipinski definition) is 3. The zero-order valence-electron chi connectivity index (χ0n) is 15.0. The van der Waals surface area contributed by atoms with Crippen LogP contribution in [0.3, 0.4) is 0 Å². The number of benzene rings is 1. The second-order valence-corrected chi connectivity index (χ2v) is 7.86. The Morgan fingerprint density at radius 3 is 2.54 bits per heavy atom. The van der Waals surface area contributed by atoms with Crippen molar-refractivity contribution in [3.63, 3.8) is 0 Å². The second-order valence-electron chi connectivity index (χ2n) is 7.43. The van der Waals surface area contributed by atoms with Crippen LogP contribution in [0.1, 0.15) is 51.1 Å². The van der Waals surface area contributed by atoms with Crippen molar-refractivity contribution in [1.82, 2.24) is 15.5 Å². The third kappa shape index (κ3) is 3.70. The fourth-order valence-electron chi connectivity index (χ4n) is 3.68. The Bertz CT molecular complexity index is 711. The Morgan fingerprint density at radius 1 is 1.31 bits per heavy atom. The molecule has 1 aromatic rings. The van der Waals surface area contributed by atoms with Crippen molar-refractivity contribution in [3.05, 3.63) is 34.9 Å². The van der Waals surface area contributed by atoms with Gasteiger partial charge in [-0.1, -0.05) is 30.7 Å². The predicted molar refractivity (Wildman–Crippen MR) is 98.6 cm³/mol. The molecule has 1 aliphatic heterocycles. The van der Waals surface area contributed by atoms with Crippen molar-refractivity contribution in [2.24, 2.45) is 5.92 Å². The van der Waals surface area contributed by atoms with Crippen LogP contribution in [0.15, 0.2) is 24.3 Å². The zero-order chi connectivity index (χ0) is 18.9. The maximum absolute atomic E-state index is 12.8. The molecule has 1 aromatic carbocycles. The van der Waals surface area contributed by atoms with Gasteiger partial charge in [-0.15, -0.1) is 0 Å². The Morgan fingerprint density at radius 2 is 1.92 bits per heavy atom. The number of carbonyl (C=O) groups is 3. The van der Waals surface area contributed by atoms with Crippen LogP contribution in [0.5, 0.6) is 0 Å². The molecule has 1 saturated carbocycles. The van der Waals surface area contributed by atoms with Gasteiger partial charge in [0.2, 0.25) is 5.91 Å². The van der Waals surface area contributed by atoms with E-state index in [9.17, 15) is 14.4 Å². The SMILES string of the molecule is CC1CCC2(CC1)NC(=O)N(CC(=O)N[C@H](C)c1ccc(Cl)cc1)C2=O. The molecule has 3 rings (SSSR count). The van der Waals surface area contributed by atoms with Crippen molar-refractivity contribution >= 4 is 29.4 Å². The lowest BCUT2D eigenvalue weighted by molar-refractivity contribution is -0.136. The summed E-state index contributed by atoms with van der Waals surface area (Å²) in [6.07, 6.45) is 3.08. The lowest BCUT2D eigenvalue weighted by Gasteiger charge is -2.33. The van der Waals surface area contributed by atoms with Crippen molar-refractivity contribution < 1.29 is 14.4 Å². The average molecular weight is 378 g/mol. The highest BCUT2D eigenvalue weighted by Gasteiger charge is 2.52. The largest absolute Gasteiger partial charge is 0.348 e. The number of nitrogens with one attached hydrogen (secondary N) is 2. The van der Waals surface area contributed by atoms with Gasteiger partial charge in [-0.3, -0.25) is 14.5 Å². The first-order valence-corrected chi connectivity index (χ1v) is 9.37. The standard InChI is InChI=1S/C19H24ClN3O3/c1-12-7-9-19(10-8-12)17(25)23(18(26)22-19)11-16(24)21-13(2)14-3-5-15(20)6-4-14/h3-6,12-13H,7-11H2,1-2H3,(H,21,24)(H,22,26)/t12?,13-,19?/m1/s1. The summed E-state index contributed by atoms with van der Waals surface area (Å²) >= 11 is 5.87. The third-order valence-corrected chi connectivity index (χ3v) is 5.67. The average Bonchev–Trinajstić information content (AvgIpc) is 2.82. The maximum Gasteiger partial charge on any atom is 0.325 e. The van der Waals surface area contributed by atoms with E-state index in [-0.39, 0.29) is 24.4 Å². The van der Waals surface area contributed by atoms with Crippen LogP contribution < -0.4 is 10.6 Å². The lowest BCUT2D eigenvalue weighted by Crippen LogP contribution is -2.50. The summed E-state index contributed by atoms with van der Waals surface area (Å²) in [6, 6.07) is 6.46. The van der Waals surface area contributed by atoms with E-state index in [0.29, 0.717) is 23.8 Å². The van der Waals surface area contributed by atoms with Crippen molar-refractivity contribution in [2.75, 3.05) is 6.54 Å².